The number of benzene rings is 1. The van der Waals surface area contributed by atoms with E-state index in [2.05, 4.69) is 15.6 Å². The van der Waals surface area contributed by atoms with Crippen LogP contribution in [-0.4, -0.2) is 37.9 Å². The molecule has 0 aliphatic carbocycles. The number of non-ortho nitro benzene ring substituents is 1. The molecule has 0 spiro atoms. The lowest BCUT2D eigenvalue weighted by atomic mass is 9.93. The van der Waals surface area contributed by atoms with Crippen LogP contribution >= 0.6 is 12.4 Å². The predicted octanol–water partition coefficient (Wildman–Crippen LogP) is 1.84. The largest absolute Gasteiger partial charge is 0.344 e. The van der Waals surface area contributed by atoms with Crippen LogP contribution in [-0.2, 0) is 0 Å². The number of carbonyl (C=O) groups is 1. The number of amides is 1. The number of nitrogens with zero attached hydrogens (tertiary/aromatic N) is 4. The average molecular weight is 369 g/mol. The van der Waals surface area contributed by atoms with Gasteiger partial charge in [0, 0.05) is 18.7 Å². The van der Waals surface area contributed by atoms with Crippen molar-refractivity contribution in [1.29, 1.82) is 0 Å². The Morgan fingerprint density at radius 3 is 2.64 bits per heavy atom. The van der Waals surface area contributed by atoms with E-state index in [1.165, 1.54) is 23.0 Å². The minimum Gasteiger partial charge on any atom is -0.344 e. The van der Waals surface area contributed by atoms with E-state index in [4.69, 9.17) is 5.73 Å². The van der Waals surface area contributed by atoms with E-state index in [-0.39, 0.29) is 29.7 Å². The summed E-state index contributed by atoms with van der Waals surface area (Å²) in [5.41, 5.74) is 5.81. The van der Waals surface area contributed by atoms with Gasteiger partial charge < -0.3 is 11.1 Å². The first kappa shape index (κ1) is 20.5. The Kier molecular flexibility index (Phi) is 7.01. The van der Waals surface area contributed by atoms with Gasteiger partial charge in [-0.2, -0.15) is 0 Å². The fourth-order valence-electron chi connectivity index (χ4n) is 2.31. The van der Waals surface area contributed by atoms with Crippen molar-refractivity contribution in [2.75, 3.05) is 6.54 Å². The zero-order valence-electron chi connectivity index (χ0n) is 14.0. The maximum atomic E-state index is 12.4. The summed E-state index contributed by atoms with van der Waals surface area (Å²) in [5.74, 6) is -0.374. The fraction of sp³-hybridized carbons (Fsp3) is 0.400. The van der Waals surface area contributed by atoms with E-state index in [0.29, 0.717) is 25.1 Å². The number of hydrogen-bond acceptors (Lipinski definition) is 6. The number of aromatic nitrogens is 3. The lowest BCUT2D eigenvalue weighted by Gasteiger charge is -2.30. The number of rotatable bonds is 7. The van der Waals surface area contributed by atoms with Crippen LogP contribution in [0.25, 0.3) is 5.69 Å². The molecule has 2 rings (SSSR count). The molecule has 0 atom stereocenters. The second-order valence-electron chi connectivity index (χ2n) is 5.47. The molecule has 0 fully saturated rings. The molecule has 0 saturated heterocycles. The summed E-state index contributed by atoms with van der Waals surface area (Å²) in [6.07, 6.45) is 2.83. The number of hydrogen-bond donors (Lipinski definition) is 2. The summed E-state index contributed by atoms with van der Waals surface area (Å²) < 4.78 is 1.32. The van der Waals surface area contributed by atoms with Crippen molar-refractivity contribution in [2.24, 2.45) is 5.73 Å². The Labute approximate surface area is 151 Å². The number of nitro groups is 1. The Bertz CT molecular complexity index is 736. The monoisotopic (exact) mass is 368 g/mol. The van der Waals surface area contributed by atoms with E-state index >= 15 is 0 Å². The zero-order chi connectivity index (χ0) is 17.7. The maximum absolute atomic E-state index is 12.4. The molecule has 1 aromatic heterocycles. The van der Waals surface area contributed by atoms with Crippen molar-refractivity contribution in [3.05, 3.63) is 46.3 Å². The quantitative estimate of drug-likeness (QED) is 0.566. The van der Waals surface area contributed by atoms with Gasteiger partial charge in [0.15, 0.2) is 5.69 Å². The van der Waals surface area contributed by atoms with Crippen molar-refractivity contribution < 1.29 is 9.72 Å². The van der Waals surface area contributed by atoms with Gasteiger partial charge in [0.05, 0.1) is 22.3 Å². The summed E-state index contributed by atoms with van der Waals surface area (Å²) >= 11 is 0. The molecule has 3 N–H and O–H groups in total. The van der Waals surface area contributed by atoms with Gasteiger partial charge in [-0.05, 0) is 18.9 Å². The molecule has 0 aliphatic heterocycles. The predicted molar refractivity (Wildman–Crippen MR) is 95.1 cm³/mol. The molecule has 1 amide bonds. The third kappa shape index (κ3) is 4.52. The van der Waals surface area contributed by atoms with Crippen molar-refractivity contribution in [1.82, 2.24) is 20.3 Å². The molecule has 2 aromatic rings. The fourth-order valence-corrected chi connectivity index (χ4v) is 2.31. The third-order valence-corrected chi connectivity index (χ3v) is 4.15. The van der Waals surface area contributed by atoms with Gasteiger partial charge in [0.25, 0.3) is 11.6 Å². The van der Waals surface area contributed by atoms with E-state index < -0.39 is 10.5 Å². The maximum Gasteiger partial charge on any atom is 0.273 e. The average Bonchev–Trinajstić information content (AvgIpc) is 3.10. The zero-order valence-corrected chi connectivity index (χ0v) is 14.8. The molecule has 136 valence electrons. The molecular formula is C15H21ClN6O3. The molecule has 10 heteroatoms. The molecule has 25 heavy (non-hydrogen) atoms. The number of halogens is 1. The van der Waals surface area contributed by atoms with Gasteiger partial charge in [0.2, 0.25) is 0 Å². The summed E-state index contributed by atoms with van der Waals surface area (Å²) in [5, 5.41) is 21.5. The van der Waals surface area contributed by atoms with Crippen LogP contribution in [0.1, 0.15) is 37.2 Å². The Hall–Kier alpha value is -2.52. The number of nitro benzene ring substituents is 1. The SMILES string of the molecule is CCC(CC)(CN)NC(=O)c1cn(-c2cccc([N+](=O)[O-])c2)nn1.Cl. The first-order valence-corrected chi connectivity index (χ1v) is 7.64. The smallest absolute Gasteiger partial charge is 0.273 e. The molecular weight excluding hydrogens is 348 g/mol. The van der Waals surface area contributed by atoms with Crippen molar-refractivity contribution in [3.8, 4) is 5.69 Å². The minimum absolute atomic E-state index is 0. The highest BCUT2D eigenvalue weighted by Gasteiger charge is 2.28. The topological polar surface area (TPSA) is 129 Å². The van der Waals surface area contributed by atoms with Crippen LogP contribution in [0.5, 0.6) is 0 Å². The third-order valence-electron chi connectivity index (χ3n) is 4.15. The standard InChI is InChI=1S/C15H20N6O3.ClH/c1-3-15(4-2,10-16)17-14(22)13-9-20(19-18-13)11-6-5-7-12(8-11)21(23)24;/h5-9H,3-4,10,16H2,1-2H3,(H,17,22);1H. The van der Waals surface area contributed by atoms with Crippen LogP contribution in [0.4, 0.5) is 5.69 Å². The van der Waals surface area contributed by atoms with Crippen LogP contribution in [0, 0.1) is 10.1 Å². The summed E-state index contributed by atoms with van der Waals surface area (Å²) in [7, 11) is 0. The highest BCUT2D eigenvalue weighted by Crippen LogP contribution is 2.17. The highest BCUT2D eigenvalue weighted by atomic mass is 35.5. The Morgan fingerprint density at radius 2 is 2.08 bits per heavy atom. The summed E-state index contributed by atoms with van der Waals surface area (Å²) in [6, 6.07) is 5.93. The van der Waals surface area contributed by atoms with E-state index in [1.807, 2.05) is 13.8 Å². The van der Waals surface area contributed by atoms with Crippen LogP contribution in [0.3, 0.4) is 0 Å². The second-order valence-corrected chi connectivity index (χ2v) is 5.47. The minimum atomic E-state index is -0.494. The molecule has 0 unspecified atom stereocenters. The summed E-state index contributed by atoms with van der Waals surface area (Å²) in [6.45, 7) is 4.23. The van der Waals surface area contributed by atoms with Gasteiger partial charge in [-0.15, -0.1) is 17.5 Å². The normalized spacial score (nSPS) is 10.8. The Morgan fingerprint density at radius 1 is 1.40 bits per heavy atom. The van der Waals surface area contributed by atoms with Gasteiger partial charge in [-0.25, -0.2) is 4.68 Å². The highest BCUT2D eigenvalue weighted by molar-refractivity contribution is 5.92. The van der Waals surface area contributed by atoms with Gasteiger partial charge in [-0.3, -0.25) is 14.9 Å². The number of nitrogens with two attached hydrogens (primary N) is 1. The van der Waals surface area contributed by atoms with E-state index in [0.717, 1.165) is 0 Å². The molecule has 9 nitrogen and oxygen atoms in total. The summed E-state index contributed by atoms with van der Waals surface area (Å²) in [4.78, 5) is 22.7. The molecule has 0 radical (unpaired) electrons. The molecule has 1 heterocycles. The number of carbonyl (C=O) groups excluding carboxylic acids is 1. The Balaban J connectivity index is 0.00000312. The molecule has 0 aliphatic rings. The van der Waals surface area contributed by atoms with E-state index in [9.17, 15) is 14.9 Å². The first-order valence-electron chi connectivity index (χ1n) is 7.64. The number of nitrogens with one attached hydrogen (secondary N) is 1. The second kappa shape index (κ2) is 8.54. The lowest BCUT2D eigenvalue weighted by Crippen LogP contribution is -2.53. The van der Waals surface area contributed by atoms with Gasteiger partial charge >= 0.3 is 0 Å². The van der Waals surface area contributed by atoms with E-state index in [1.54, 1.807) is 12.1 Å². The first-order chi connectivity index (χ1) is 11.4. The molecule has 0 bridgehead atoms. The van der Waals surface area contributed by atoms with Crippen molar-refractivity contribution >= 4 is 24.0 Å². The molecule has 1 aromatic carbocycles. The lowest BCUT2D eigenvalue weighted by molar-refractivity contribution is -0.384. The van der Waals surface area contributed by atoms with Crippen molar-refractivity contribution in [3.63, 3.8) is 0 Å². The van der Waals surface area contributed by atoms with Crippen molar-refractivity contribution in [2.45, 2.75) is 32.2 Å². The molecule has 0 saturated carbocycles. The van der Waals surface area contributed by atoms with Crippen LogP contribution in [0.15, 0.2) is 30.5 Å². The van der Waals surface area contributed by atoms with Gasteiger partial charge in [0.1, 0.15) is 0 Å². The van der Waals surface area contributed by atoms with Crippen LogP contribution in [0.2, 0.25) is 0 Å². The van der Waals surface area contributed by atoms with Gasteiger partial charge in [-0.1, -0.05) is 25.1 Å². The van der Waals surface area contributed by atoms with Crippen LogP contribution < -0.4 is 11.1 Å².